The summed E-state index contributed by atoms with van der Waals surface area (Å²) in [6.45, 7) is 2.89. The van der Waals surface area contributed by atoms with Crippen molar-refractivity contribution in [2.45, 2.75) is 32.5 Å². The molecular weight excluding hydrogens is 288 g/mol. The third-order valence-corrected chi connectivity index (χ3v) is 3.31. The molecule has 118 valence electrons. The van der Waals surface area contributed by atoms with E-state index in [0.717, 1.165) is 11.3 Å². The molecule has 6 nitrogen and oxygen atoms in total. The van der Waals surface area contributed by atoms with E-state index < -0.39 is 29.4 Å². The number of Topliss-reactive ketones (excluding diaryl/α,β-unsaturated/α-hetero) is 1. The molecular formula is C16H18O6. The van der Waals surface area contributed by atoms with Crippen LogP contribution in [0, 0.1) is 5.92 Å². The van der Waals surface area contributed by atoms with Gasteiger partial charge in [-0.15, -0.1) is 0 Å². The molecule has 0 aromatic heterocycles. The van der Waals surface area contributed by atoms with Crippen molar-refractivity contribution in [1.29, 1.82) is 0 Å². The molecule has 1 aliphatic heterocycles. The van der Waals surface area contributed by atoms with E-state index in [9.17, 15) is 14.4 Å². The topological polar surface area (TPSA) is 78.9 Å². The molecule has 22 heavy (non-hydrogen) atoms. The van der Waals surface area contributed by atoms with Crippen LogP contribution in [0.4, 0.5) is 0 Å². The van der Waals surface area contributed by atoms with Crippen LogP contribution in [0.2, 0.25) is 0 Å². The zero-order valence-electron chi connectivity index (χ0n) is 12.8. The predicted octanol–water partition coefficient (Wildman–Crippen LogP) is 1.65. The fraction of sp³-hybridized carbons (Fsp3) is 0.438. The van der Waals surface area contributed by atoms with Crippen LogP contribution in [-0.4, -0.2) is 30.6 Å². The van der Waals surface area contributed by atoms with Gasteiger partial charge >= 0.3 is 11.9 Å². The van der Waals surface area contributed by atoms with Gasteiger partial charge in [0.15, 0.2) is 5.78 Å². The first-order chi connectivity index (χ1) is 10.3. The average Bonchev–Trinajstić information content (AvgIpc) is 2.43. The molecule has 1 fully saturated rings. The molecule has 0 amide bonds. The number of hydrogen-bond acceptors (Lipinski definition) is 6. The second kappa shape index (κ2) is 6.17. The lowest BCUT2D eigenvalue weighted by atomic mass is 9.97. The van der Waals surface area contributed by atoms with Gasteiger partial charge in [-0.1, -0.05) is 12.1 Å². The number of benzene rings is 1. The molecule has 1 saturated heterocycles. The zero-order valence-corrected chi connectivity index (χ0v) is 12.8. The smallest absolute Gasteiger partial charge is 0.331 e. The first-order valence-corrected chi connectivity index (χ1v) is 6.94. The molecule has 0 N–H and O–H groups in total. The van der Waals surface area contributed by atoms with E-state index in [-0.39, 0.29) is 6.42 Å². The predicted molar refractivity (Wildman–Crippen MR) is 76.1 cm³/mol. The lowest BCUT2D eigenvalue weighted by Crippen LogP contribution is -2.49. The SMILES string of the molecule is COc1ccc(CCC(=O)C2C(=O)OC(C)(C)OC2=O)cc1. The molecule has 0 bridgehead atoms. The Morgan fingerprint density at radius 2 is 1.68 bits per heavy atom. The van der Waals surface area contributed by atoms with Crippen molar-refractivity contribution in [3.05, 3.63) is 29.8 Å². The van der Waals surface area contributed by atoms with E-state index in [0.29, 0.717) is 6.42 Å². The Balaban J connectivity index is 1.97. The summed E-state index contributed by atoms with van der Waals surface area (Å²) >= 11 is 0. The van der Waals surface area contributed by atoms with Gasteiger partial charge in [-0.2, -0.15) is 0 Å². The minimum absolute atomic E-state index is 0.0572. The van der Waals surface area contributed by atoms with Gasteiger partial charge in [0.1, 0.15) is 5.75 Å². The Kier molecular flexibility index (Phi) is 4.49. The minimum Gasteiger partial charge on any atom is -0.497 e. The highest BCUT2D eigenvalue weighted by Crippen LogP contribution is 2.24. The molecule has 0 radical (unpaired) electrons. The maximum absolute atomic E-state index is 12.1. The first kappa shape index (κ1) is 16.0. The van der Waals surface area contributed by atoms with Crippen molar-refractivity contribution in [1.82, 2.24) is 0 Å². The monoisotopic (exact) mass is 306 g/mol. The molecule has 0 aliphatic carbocycles. The number of hydrogen-bond donors (Lipinski definition) is 0. The van der Waals surface area contributed by atoms with Gasteiger partial charge in [0.25, 0.3) is 5.79 Å². The Hall–Kier alpha value is -2.37. The van der Waals surface area contributed by atoms with Crippen molar-refractivity contribution in [2.75, 3.05) is 7.11 Å². The third kappa shape index (κ3) is 3.63. The van der Waals surface area contributed by atoms with Crippen LogP contribution in [0.15, 0.2) is 24.3 Å². The Labute approximate surface area is 128 Å². The summed E-state index contributed by atoms with van der Waals surface area (Å²) in [6.07, 6.45) is 0.477. The highest BCUT2D eigenvalue weighted by atomic mass is 16.7. The van der Waals surface area contributed by atoms with E-state index in [4.69, 9.17) is 14.2 Å². The molecule has 1 aliphatic rings. The molecule has 0 unspecified atom stereocenters. The quantitative estimate of drug-likeness (QED) is 0.608. The lowest BCUT2D eigenvalue weighted by Gasteiger charge is -2.32. The van der Waals surface area contributed by atoms with E-state index in [1.54, 1.807) is 19.2 Å². The van der Waals surface area contributed by atoms with Gasteiger partial charge in [0, 0.05) is 20.3 Å². The van der Waals surface area contributed by atoms with E-state index in [1.165, 1.54) is 13.8 Å². The van der Waals surface area contributed by atoms with Crippen LogP contribution in [0.25, 0.3) is 0 Å². The van der Waals surface area contributed by atoms with E-state index >= 15 is 0 Å². The average molecular weight is 306 g/mol. The van der Waals surface area contributed by atoms with E-state index in [1.807, 2.05) is 12.1 Å². The van der Waals surface area contributed by atoms with Gasteiger partial charge in [0.05, 0.1) is 7.11 Å². The molecule has 2 rings (SSSR count). The molecule has 0 spiro atoms. The molecule has 6 heteroatoms. The molecule has 1 heterocycles. The Morgan fingerprint density at radius 1 is 1.14 bits per heavy atom. The fourth-order valence-electron chi connectivity index (χ4n) is 2.19. The summed E-state index contributed by atoms with van der Waals surface area (Å²) in [5.74, 6) is -4.27. The number of aryl methyl sites for hydroxylation is 1. The number of carbonyl (C=O) groups is 3. The summed E-state index contributed by atoms with van der Waals surface area (Å²) < 4.78 is 14.9. The Bertz CT molecular complexity index is 567. The zero-order chi connectivity index (χ0) is 16.3. The second-order valence-corrected chi connectivity index (χ2v) is 5.49. The number of ketones is 1. The van der Waals surface area contributed by atoms with Crippen molar-refractivity contribution in [3.63, 3.8) is 0 Å². The fourth-order valence-corrected chi connectivity index (χ4v) is 2.19. The van der Waals surface area contributed by atoms with Crippen molar-refractivity contribution in [3.8, 4) is 5.75 Å². The van der Waals surface area contributed by atoms with Crippen molar-refractivity contribution >= 4 is 17.7 Å². The number of rotatable bonds is 5. The standard InChI is InChI=1S/C16H18O6/c1-16(2)21-14(18)13(15(19)22-16)12(17)9-6-10-4-7-11(20-3)8-5-10/h4-5,7-8,13H,6,9H2,1-3H3. The van der Waals surface area contributed by atoms with Crippen LogP contribution in [0.1, 0.15) is 25.8 Å². The summed E-state index contributed by atoms with van der Waals surface area (Å²) in [7, 11) is 1.57. The van der Waals surface area contributed by atoms with Crippen LogP contribution in [-0.2, 0) is 30.3 Å². The minimum atomic E-state index is -1.48. The van der Waals surface area contributed by atoms with Gasteiger partial charge < -0.3 is 14.2 Å². The Morgan fingerprint density at radius 3 is 2.18 bits per heavy atom. The number of cyclic esters (lactones) is 2. The van der Waals surface area contributed by atoms with Crippen LogP contribution >= 0.6 is 0 Å². The first-order valence-electron chi connectivity index (χ1n) is 6.94. The van der Waals surface area contributed by atoms with Crippen molar-refractivity contribution < 1.29 is 28.6 Å². The summed E-state index contributed by atoms with van der Waals surface area (Å²) in [5.41, 5.74) is 0.909. The second-order valence-electron chi connectivity index (χ2n) is 5.49. The van der Waals surface area contributed by atoms with Crippen LogP contribution in [0.5, 0.6) is 5.75 Å². The maximum Gasteiger partial charge on any atom is 0.331 e. The summed E-state index contributed by atoms with van der Waals surface area (Å²) in [4.78, 5) is 35.7. The molecule has 1 aromatic carbocycles. The van der Waals surface area contributed by atoms with Gasteiger partial charge in [-0.25, -0.2) is 0 Å². The van der Waals surface area contributed by atoms with Crippen LogP contribution < -0.4 is 4.74 Å². The van der Waals surface area contributed by atoms with Gasteiger partial charge in [0.2, 0.25) is 5.92 Å². The number of ether oxygens (including phenoxy) is 3. The van der Waals surface area contributed by atoms with Gasteiger partial charge in [-0.05, 0) is 24.1 Å². The largest absolute Gasteiger partial charge is 0.497 e. The lowest BCUT2D eigenvalue weighted by molar-refractivity contribution is -0.238. The van der Waals surface area contributed by atoms with Crippen LogP contribution in [0.3, 0.4) is 0 Å². The molecule has 1 aromatic rings. The highest BCUT2D eigenvalue weighted by molar-refractivity contribution is 6.15. The normalized spacial score (nSPS) is 17.6. The maximum atomic E-state index is 12.1. The van der Waals surface area contributed by atoms with Gasteiger partial charge in [-0.3, -0.25) is 14.4 Å². The number of esters is 2. The molecule has 0 atom stereocenters. The number of methoxy groups -OCH3 is 1. The number of carbonyl (C=O) groups excluding carboxylic acids is 3. The summed E-state index contributed by atoms with van der Waals surface area (Å²) in [5, 5.41) is 0. The van der Waals surface area contributed by atoms with E-state index in [2.05, 4.69) is 0 Å². The third-order valence-electron chi connectivity index (χ3n) is 3.31. The molecule has 0 saturated carbocycles. The summed E-state index contributed by atoms with van der Waals surface area (Å²) in [6, 6.07) is 7.22. The highest BCUT2D eigenvalue weighted by Gasteiger charge is 2.46. The van der Waals surface area contributed by atoms with Crippen molar-refractivity contribution in [2.24, 2.45) is 5.92 Å².